The molecule has 0 saturated heterocycles. The summed E-state index contributed by atoms with van der Waals surface area (Å²) in [5.41, 5.74) is 0. The third kappa shape index (κ3) is 3.79. The largest absolute Gasteiger partial charge is 0.392 e. The Hall–Kier alpha value is -1.02. The first kappa shape index (κ1) is 11.1. The number of aromatic nitrogens is 4. The molecule has 80 valence electrons. The Kier molecular flexibility index (Phi) is 3.17. The summed E-state index contributed by atoms with van der Waals surface area (Å²) in [6.07, 6.45) is 0.190. The lowest BCUT2D eigenvalue weighted by molar-refractivity contribution is 0.195. The van der Waals surface area contributed by atoms with Crippen LogP contribution in [-0.2, 0) is 23.3 Å². The van der Waals surface area contributed by atoms with Gasteiger partial charge in [0.25, 0.3) is 0 Å². The maximum Gasteiger partial charge on any atom is 0.177 e. The highest BCUT2D eigenvalue weighted by molar-refractivity contribution is 7.90. The van der Waals surface area contributed by atoms with Crippen molar-refractivity contribution < 1.29 is 13.5 Å². The summed E-state index contributed by atoms with van der Waals surface area (Å²) in [5.74, 6) is 0.0503. The average Bonchev–Trinajstić information content (AvgIpc) is 2.30. The molecule has 0 aliphatic carbocycles. The second kappa shape index (κ2) is 4.01. The molecule has 8 heteroatoms. The van der Waals surface area contributed by atoms with Gasteiger partial charge in [-0.15, -0.1) is 10.2 Å². The van der Waals surface area contributed by atoms with Gasteiger partial charge in [-0.3, -0.25) is 0 Å². The van der Waals surface area contributed by atoms with Crippen LogP contribution < -0.4 is 0 Å². The standard InChI is InChI=1S/C6H12N4O3S/c1-10-8-6(7-9-10)3-5(11)4-14(2,12)13/h5,11H,3-4H2,1-2H3. The normalized spacial score (nSPS) is 14.2. The third-order valence-corrected chi connectivity index (χ3v) is 2.45. The molecule has 1 aromatic heterocycles. The molecule has 1 N–H and O–H groups in total. The van der Waals surface area contributed by atoms with Gasteiger partial charge in [-0.05, 0) is 5.21 Å². The number of tetrazole rings is 1. The van der Waals surface area contributed by atoms with Crippen molar-refractivity contribution in [3.8, 4) is 0 Å². The molecule has 0 saturated carbocycles. The number of aliphatic hydroxyl groups excluding tert-OH is 1. The molecule has 0 fully saturated rings. The van der Waals surface area contributed by atoms with Crippen LogP contribution in [0.3, 0.4) is 0 Å². The lowest BCUT2D eigenvalue weighted by Crippen LogP contribution is -2.22. The van der Waals surface area contributed by atoms with Crippen molar-refractivity contribution >= 4 is 9.84 Å². The Balaban J connectivity index is 2.53. The van der Waals surface area contributed by atoms with E-state index < -0.39 is 15.9 Å². The number of rotatable bonds is 4. The number of aliphatic hydroxyl groups is 1. The first-order chi connectivity index (χ1) is 6.37. The zero-order valence-corrected chi connectivity index (χ0v) is 8.77. The van der Waals surface area contributed by atoms with Crippen molar-refractivity contribution in [2.75, 3.05) is 12.0 Å². The number of sulfone groups is 1. The molecular formula is C6H12N4O3S. The van der Waals surface area contributed by atoms with E-state index in [1.54, 1.807) is 7.05 Å². The fourth-order valence-electron chi connectivity index (χ4n) is 1.02. The quantitative estimate of drug-likeness (QED) is 0.640. The summed E-state index contributed by atoms with van der Waals surface area (Å²) < 4.78 is 21.6. The van der Waals surface area contributed by atoms with Crippen LogP contribution in [0.5, 0.6) is 0 Å². The van der Waals surface area contributed by atoms with Crippen molar-refractivity contribution in [2.24, 2.45) is 7.05 Å². The van der Waals surface area contributed by atoms with E-state index in [2.05, 4.69) is 15.4 Å². The average molecular weight is 220 g/mol. The number of aryl methyl sites for hydroxylation is 1. The van der Waals surface area contributed by atoms with Crippen LogP contribution in [0.4, 0.5) is 0 Å². The molecule has 1 heterocycles. The highest BCUT2D eigenvalue weighted by Crippen LogP contribution is 1.98. The molecule has 0 amide bonds. The van der Waals surface area contributed by atoms with Gasteiger partial charge in [0.05, 0.1) is 18.9 Å². The van der Waals surface area contributed by atoms with Gasteiger partial charge in [-0.25, -0.2) is 8.42 Å². The van der Waals surface area contributed by atoms with E-state index in [4.69, 9.17) is 0 Å². The number of nitrogens with zero attached hydrogens (tertiary/aromatic N) is 4. The predicted octanol–water partition coefficient (Wildman–Crippen LogP) is -1.84. The molecule has 0 aliphatic rings. The SMILES string of the molecule is Cn1nnc(CC(O)CS(C)(=O)=O)n1. The highest BCUT2D eigenvalue weighted by atomic mass is 32.2. The summed E-state index contributed by atoms with van der Waals surface area (Å²) >= 11 is 0. The second-order valence-electron chi connectivity index (χ2n) is 3.15. The molecule has 1 unspecified atom stereocenters. The smallest absolute Gasteiger partial charge is 0.177 e. The molecule has 0 radical (unpaired) electrons. The van der Waals surface area contributed by atoms with E-state index in [1.807, 2.05) is 0 Å². The van der Waals surface area contributed by atoms with E-state index in [0.29, 0.717) is 5.82 Å². The van der Waals surface area contributed by atoms with Crippen LogP contribution in [0.2, 0.25) is 0 Å². The van der Waals surface area contributed by atoms with E-state index in [9.17, 15) is 13.5 Å². The van der Waals surface area contributed by atoms with Gasteiger partial charge < -0.3 is 5.11 Å². The molecule has 0 aliphatic heterocycles. The zero-order chi connectivity index (χ0) is 10.8. The van der Waals surface area contributed by atoms with Gasteiger partial charge in [0, 0.05) is 12.7 Å². The Morgan fingerprint density at radius 1 is 1.57 bits per heavy atom. The van der Waals surface area contributed by atoms with Crippen molar-refractivity contribution in [2.45, 2.75) is 12.5 Å². The van der Waals surface area contributed by atoms with Crippen LogP contribution >= 0.6 is 0 Å². The molecule has 7 nitrogen and oxygen atoms in total. The summed E-state index contributed by atoms with van der Waals surface area (Å²) in [4.78, 5) is 1.25. The fourth-order valence-corrected chi connectivity index (χ4v) is 1.84. The van der Waals surface area contributed by atoms with Crippen molar-refractivity contribution in [3.63, 3.8) is 0 Å². The zero-order valence-electron chi connectivity index (χ0n) is 7.95. The Morgan fingerprint density at radius 3 is 2.64 bits per heavy atom. The number of hydrogen-bond donors (Lipinski definition) is 1. The van der Waals surface area contributed by atoms with Gasteiger partial charge in [-0.2, -0.15) is 4.80 Å². The topological polar surface area (TPSA) is 98.0 Å². The maximum absolute atomic E-state index is 10.8. The lowest BCUT2D eigenvalue weighted by atomic mass is 10.3. The van der Waals surface area contributed by atoms with Crippen molar-refractivity contribution in [1.82, 2.24) is 20.2 Å². The van der Waals surface area contributed by atoms with Crippen LogP contribution in [-0.4, -0.2) is 51.8 Å². The van der Waals surface area contributed by atoms with Crippen LogP contribution in [0.15, 0.2) is 0 Å². The molecule has 1 aromatic rings. The summed E-state index contributed by atoms with van der Waals surface area (Å²) in [7, 11) is -1.57. The summed E-state index contributed by atoms with van der Waals surface area (Å²) in [6, 6.07) is 0. The Labute approximate surface area is 81.7 Å². The first-order valence-corrected chi connectivity index (χ1v) is 6.01. The van der Waals surface area contributed by atoms with E-state index >= 15 is 0 Å². The molecular weight excluding hydrogens is 208 g/mol. The van der Waals surface area contributed by atoms with Crippen molar-refractivity contribution in [3.05, 3.63) is 5.82 Å². The summed E-state index contributed by atoms with van der Waals surface area (Å²) in [5, 5.41) is 20.4. The van der Waals surface area contributed by atoms with Gasteiger partial charge >= 0.3 is 0 Å². The number of hydrogen-bond acceptors (Lipinski definition) is 6. The Morgan fingerprint density at radius 2 is 2.21 bits per heavy atom. The molecule has 1 atom stereocenters. The lowest BCUT2D eigenvalue weighted by Gasteiger charge is -2.05. The monoisotopic (exact) mass is 220 g/mol. The van der Waals surface area contributed by atoms with E-state index in [-0.39, 0.29) is 12.2 Å². The van der Waals surface area contributed by atoms with Gasteiger partial charge in [0.15, 0.2) is 5.82 Å². The molecule has 0 bridgehead atoms. The predicted molar refractivity (Wildman–Crippen MR) is 48.2 cm³/mol. The first-order valence-electron chi connectivity index (χ1n) is 3.95. The maximum atomic E-state index is 10.8. The molecule has 14 heavy (non-hydrogen) atoms. The Bertz CT molecular complexity index is 399. The van der Waals surface area contributed by atoms with E-state index in [1.165, 1.54) is 4.80 Å². The minimum atomic E-state index is -3.17. The van der Waals surface area contributed by atoms with Crippen LogP contribution in [0.25, 0.3) is 0 Å². The molecule has 1 rings (SSSR count). The summed E-state index contributed by atoms with van der Waals surface area (Å²) in [6.45, 7) is 0. The van der Waals surface area contributed by atoms with Gasteiger partial charge in [0.2, 0.25) is 0 Å². The molecule has 0 spiro atoms. The van der Waals surface area contributed by atoms with E-state index in [0.717, 1.165) is 6.26 Å². The molecule has 0 aromatic carbocycles. The minimum absolute atomic E-state index is 0.0981. The highest BCUT2D eigenvalue weighted by Gasteiger charge is 2.15. The fraction of sp³-hybridized carbons (Fsp3) is 0.833. The van der Waals surface area contributed by atoms with Crippen LogP contribution in [0, 0.1) is 0 Å². The van der Waals surface area contributed by atoms with Crippen LogP contribution in [0.1, 0.15) is 5.82 Å². The van der Waals surface area contributed by atoms with Gasteiger partial charge in [0.1, 0.15) is 9.84 Å². The minimum Gasteiger partial charge on any atom is -0.392 e. The third-order valence-electron chi connectivity index (χ3n) is 1.46. The van der Waals surface area contributed by atoms with Crippen molar-refractivity contribution in [1.29, 1.82) is 0 Å². The second-order valence-corrected chi connectivity index (χ2v) is 5.33. The van der Waals surface area contributed by atoms with Gasteiger partial charge in [-0.1, -0.05) is 0 Å².